The molecule has 2 aromatic rings. The minimum Gasteiger partial charge on any atom is -0.496 e. The molecule has 0 saturated carbocycles. The number of nitrogens with zero attached hydrogens (tertiary/aromatic N) is 2. The molecule has 1 N–H and O–H groups in total. The normalized spacial score (nSPS) is 10.4. The van der Waals surface area contributed by atoms with Gasteiger partial charge in [0.25, 0.3) is 5.56 Å². The first-order chi connectivity index (χ1) is 9.97. The lowest BCUT2D eigenvalue weighted by atomic mass is 10.1. The summed E-state index contributed by atoms with van der Waals surface area (Å²) in [7, 11) is 1.49. The fourth-order valence-electron chi connectivity index (χ4n) is 1.92. The molecule has 1 aromatic heterocycles. The lowest BCUT2D eigenvalue weighted by Gasteiger charge is -2.11. The van der Waals surface area contributed by atoms with Gasteiger partial charge >= 0.3 is 5.97 Å². The summed E-state index contributed by atoms with van der Waals surface area (Å²) in [5.74, 6) is -0.809. The number of hydrogen-bond donors (Lipinski definition) is 1. The van der Waals surface area contributed by atoms with Crippen LogP contribution in [0.4, 0.5) is 0 Å². The van der Waals surface area contributed by atoms with Gasteiger partial charge in [-0.15, -0.1) is 0 Å². The average Bonchev–Trinajstić information content (AvgIpc) is 2.47. The van der Waals surface area contributed by atoms with Crippen LogP contribution in [-0.4, -0.2) is 28.0 Å². The molecule has 0 saturated heterocycles. The Hall–Kier alpha value is -2.34. The molecule has 0 radical (unpaired) electrons. The molecule has 110 valence electrons. The molecule has 1 aromatic carbocycles. The Bertz CT molecular complexity index is 755. The Morgan fingerprint density at radius 2 is 2.14 bits per heavy atom. The molecule has 0 unspecified atom stereocenters. The zero-order valence-corrected chi connectivity index (χ0v) is 12.2. The summed E-state index contributed by atoms with van der Waals surface area (Å²) < 4.78 is 6.32. The van der Waals surface area contributed by atoms with E-state index in [1.54, 1.807) is 25.1 Å². The van der Waals surface area contributed by atoms with Crippen LogP contribution in [0, 0.1) is 0 Å². The molecular formula is C14H13ClN2O4. The Morgan fingerprint density at radius 1 is 1.43 bits per heavy atom. The van der Waals surface area contributed by atoms with Gasteiger partial charge in [0, 0.05) is 17.1 Å². The number of rotatable bonds is 4. The number of aryl methyl sites for hydroxylation is 1. The third-order valence-corrected chi connectivity index (χ3v) is 3.18. The Morgan fingerprint density at radius 3 is 2.71 bits per heavy atom. The van der Waals surface area contributed by atoms with Crippen LogP contribution in [0.1, 0.15) is 17.3 Å². The standard InChI is InChI=1S/C14H13ClN2O4/c1-3-17-13(18)10(14(19)20)7-11(16-17)9-6-8(15)4-5-12(9)21-2/h4-7H,3H2,1-2H3,(H,19,20). The van der Waals surface area contributed by atoms with Gasteiger partial charge < -0.3 is 9.84 Å². The molecule has 0 amide bonds. The zero-order valence-electron chi connectivity index (χ0n) is 11.5. The van der Waals surface area contributed by atoms with Gasteiger partial charge in [-0.1, -0.05) is 11.6 Å². The SMILES string of the molecule is CCn1nc(-c2cc(Cl)ccc2OC)cc(C(=O)O)c1=O. The van der Waals surface area contributed by atoms with Crippen molar-refractivity contribution in [2.45, 2.75) is 13.5 Å². The van der Waals surface area contributed by atoms with E-state index in [2.05, 4.69) is 5.10 Å². The molecule has 0 spiro atoms. The van der Waals surface area contributed by atoms with E-state index < -0.39 is 11.5 Å². The molecule has 21 heavy (non-hydrogen) atoms. The van der Waals surface area contributed by atoms with Gasteiger partial charge in [-0.25, -0.2) is 9.48 Å². The van der Waals surface area contributed by atoms with Crippen LogP contribution >= 0.6 is 11.6 Å². The largest absolute Gasteiger partial charge is 0.496 e. The summed E-state index contributed by atoms with van der Waals surface area (Å²) in [5.41, 5.74) is -0.151. The quantitative estimate of drug-likeness (QED) is 0.937. The summed E-state index contributed by atoms with van der Waals surface area (Å²) in [5, 5.41) is 13.8. The predicted octanol–water partition coefficient (Wildman–Crippen LogP) is 2.29. The van der Waals surface area contributed by atoms with Crippen molar-refractivity contribution < 1.29 is 14.6 Å². The number of carboxylic acids is 1. The maximum absolute atomic E-state index is 11.9. The highest BCUT2D eigenvalue weighted by Gasteiger charge is 2.17. The van der Waals surface area contributed by atoms with Gasteiger partial charge in [0.05, 0.1) is 12.8 Å². The Balaban J connectivity index is 2.75. The molecule has 0 aliphatic carbocycles. The molecule has 0 atom stereocenters. The van der Waals surface area contributed by atoms with Crippen LogP contribution in [0.15, 0.2) is 29.1 Å². The van der Waals surface area contributed by atoms with Gasteiger partial charge in [0.2, 0.25) is 0 Å². The molecule has 0 aliphatic heterocycles. The summed E-state index contributed by atoms with van der Waals surface area (Å²) in [6, 6.07) is 6.14. The first-order valence-corrected chi connectivity index (χ1v) is 6.55. The minimum absolute atomic E-state index is 0.260. The number of ether oxygens (including phenoxy) is 1. The van der Waals surface area contributed by atoms with Crippen LogP contribution in [0.2, 0.25) is 5.02 Å². The molecule has 0 aliphatic rings. The predicted molar refractivity (Wildman–Crippen MR) is 78.1 cm³/mol. The summed E-state index contributed by atoms with van der Waals surface area (Å²) in [6.45, 7) is 1.97. The van der Waals surface area contributed by atoms with Crippen molar-refractivity contribution in [3.8, 4) is 17.0 Å². The van der Waals surface area contributed by atoms with Crippen molar-refractivity contribution in [3.63, 3.8) is 0 Å². The average molecular weight is 309 g/mol. The van der Waals surface area contributed by atoms with Crippen LogP contribution in [-0.2, 0) is 6.54 Å². The van der Waals surface area contributed by atoms with Crippen molar-refractivity contribution in [2.24, 2.45) is 0 Å². The number of hydrogen-bond acceptors (Lipinski definition) is 4. The highest BCUT2D eigenvalue weighted by atomic mass is 35.5. The number of methoxy groups -OCH3 is 1. The second-order valence-electron chi connectivity index (χ2n) is 4.21. The maximum Gasteiger partial charge on any atom is 0.341 e. The fraction of sp³-hybridized carbons (Fsp3) is 0.214. The number of halogens is 1. The zero-order chi connectivity index (χ0) is 15.6. The highest BCUT2D eigenvalue weighted by molar-refractivity contribution is 6.31. The van der Waals surface area contributed by atoms with Crippen molar-refractivity contribution >= 4 is 17.6 Å². The van der Waals surface area contributed by atoms with Crippen molar-refractivity contribution in [1.82, 2.24) is 9.78 Å². The first-order valence-electron chi connectivity index (χ1n) is 6.17. The minimum atomic E-state index is -1.30. The smallest absolute Gasteiger partial charge is 0.341 e. The summed E-state index contributed by atoms with van der Waals surface area (Å²) in [6.07, 6.45) is 0. The van der Waals surface area contributed by atoms with Crippen LogP contribution in [0.25, 0.3) is 11.3 Å². The lowest BCUT2D eigenvalue weighted by Crippen LogP contribution is -2.28. The van der Waals surface area contributed by atoms with E-state index in [0.29, 0.717) is 22.0 Å². The van der Waals surface area contributed by atoms with Gasteiger partial charge in [-0.3, -0.25) is 4.79 Å². The Labute approximate surface area is 125 Å². The van der Waals surface area contributed by atoms with E-state index in [-0.39, 0.29) is 12.1 Å². The number of benzene rings is 1. The molecule has 6 nitrogen and oxygen atoms in total. The van der Waals surface area contributed by atoms with Gasteiger partial charge in [0.1, 0.15) is 11.3 Å². The highest BCUT2D eigenvalue weighted by Crippen LogP contribution is 2.31. The second kappa shape index (κ2) is 5.97. The third kappa shape index (κ3) is 2.90. The van der Waals surface area contributed by atoms with E-state index in [0.717, 1.165) is 4.68 Å². The molecular weight excluding hydrogens is 296 g/mol. The number of aromatic nitrogens is 2. The summed E-state index contributed by atoms with van der Waals surface area (Å²) in [4.78, 5) is 23.1. The lowest BCUT2D eigenvalue weighted by molar-refractivity contribution is 0.0693. The first kappa shape index (κ1) is 15.1. The van der Waals surface area contributed by atoms with Gasteiger partial charge in [-0.2, -0.15) is 5.10 Å². The van der Waals surface area contributed by atoms with Crippen molar-refractivity contribution in [3.05, 3.63) is 45.2 Å². The van der Waals surface area contributed by atoms with Gasteiger partial charge in [0.15, 0.2) is 0 Å². The molecule has 7 heteroatoms. The van der Waals surface area contributed by atoms with E-state index >= 15 is 0 Å². The number of carboxylic acid groups (broad SMARTS) is 1. The topological polar surface area (TPSA) is 81.4 Å². The molecule has 2 rings (SSSR count). The van der Waals surface area contributed by atoms with Crippen LogP contribution in [0.3, 0.4) is 0 Å². The molecule has 0 bridgehead atoms. The van der Waals surface area contributed by atoms with Crippen molar-refractivity contribution in [1.29, 1.82) is 0 Å². The fourth-order valence-corrected chi connectivity index (χ4v) is 2.09. The monoisotopic (exact) mass is 308 g/mol. The summed E-state index contributed by atoms with van der Waals surface area (Å²) >= 11 is 5.96. The number of aromatic carboxylic acids is 1. The van der Waals surface area contributed by atoms with Gasteiger partial charge in [-0.05, 0) is 31.2 Å². The molecule has 0 fully saturated rings. The van der Waals surface area contributed by atoms with E-state index in [1.807, 2.05) is 0 Å². The van der Waals surface area contributed by atoms with Crippen LogP contribution in [0.5, 0.6) is 5.75 Å². The van der Waals surface area contributed by atoms with E-state index in [4.69, 9.17) is 21.4 Å². The third-order valence-electron chi connectivity index (χ3n) is 2.94. The van der Waals surface area contributed by atoms with E-state index in [1.165, 1.54) is 13.2 Å². The van der Waals surface area contributed by atoms with Crippen LogP contribution < -0.4 is 10.3 Å². The van der Waals surface area contributed by atoms with E-state index in [9.17, 15) is 9.59 Å². The van der Waals surface area contributed by atoms with Crippen molar-refractivity contribution in [2.75, 3.05) is 7.11 Å². The molecule has 1 heterocycles. The second-order valence-corrected chi connectivity index (χ2v) is 4.65. The Kier molecular flexibility index (Phi) is 4.28. The maximum atomic E-state index is 11.9. The number of carbonyl (C=O) groups is 1.